The molecule has 3 rings (SSSR count). The van der Waals surface area contributed by atoms with Gasteiger partial charge in [-0.1, -0.05) is 40.9 Å². The largest absolute Gasteiger partial charge is 0.349 e. The Kier molecular flexibility index (Phi) is 4.78. The number of imide groups is 1. The molecule has 0 bridgehead atoms. The summed E-state index contributed by atoms with van der Waals surface area (Å²) in [6, 6.07) is 10.1. The lowest BCUT2D eigenvalue weighted by molar-refractivity contribution is -0.120. The zero-order valence-corrected chi connectivity index (χ0v) is 15.6. The molecule has 0 atom stereocenters. The zero-order valence-electron chi connectivity index (χ0n) is 13.4. The van der Waals surface area contributed by atoms with E-state index < -0.39 is 11.8 Å². The van der Waals surface area contributed by atoms with E-state index in [-0.39, 0.29) is 10.7 Å². The molecule has 0 saturated heterocycles. The van der Waals surface area contributed by atoms with Crippen LogP contribution < -0.4 is 10.2 Å². The Morgan fingerprint density at radius 1 is 0.840 bits per heavy atom. The number of nitrogens with one attached hydrogen (secondary N) is 1. The molecule has 128 valence electrons. The van der Waals surface area contributed by atoms with Crippen molar-refractivity contribution >= 4 is 58.0 Å². The maximum atomic E-state index is 12.8. The van der Waals surface area contributed by atoms with Crippen LogP contribution in [0.5, 0.6) is 0 Å². The van der Waals surface area contributed by atoms with Gasteiger partial charge in [-0.15, -0.1) is 0 Å². The molecule has 1 aliphatic heterocycles. The quantitative estimate of drug-likeness (QED) is 0.740. The smallest absolute Gasteiger partial charge is 0.283 e. The van der Waals surface area contributed by atoms with Crippen molar-refractivity contribution < 1.29 is 9.59 Å². The van der Waals surface area contributed by atoms with Crippen LogP contribution in [-0.4, -0.2) is 11.8 Å². The Morgan fingerprint density at radius 3 is 2.16 bits per heavy atom. The minimum Gasteiger partial charge on any atom is -0.349 e. The lowest BCUT2D eigenvalue weighted by Crippen LogP contribution is -2.32. The summed E-state index contributed by atoms with van der Waals surface area (Å²) in [5, 5.41) is 3.79. The second kappa shape index (κ2) is 6.71. The van der Waals surface area contributed by atoms with Gasteiger partial charge >= 0.3 is 0 Å². The summed E-state index contributed by atoms with van der Waals surface area (Å²) >= 11 is 18.1. The van der Waals surface area contributed by atoms with Crippen molar-refractivity contribution in [2.24, 2.45) is 0 Å². The Bertz CT molecular complexity index is 938. The normalized spacial score (nSPS) is 14.5. The monoisotopic (exact) mass is 394 g/mol. The number of halogens is 3. The molecule has 25 heavy (non-hydrogen) atoms. The summed E-state index contributed by atoms with van der Waals surface area (Å²) in [6.07, 6.45) is 0. The summed E-state index contributed by atoms with van der Waals surface area (Å²) in [5.41, 5.74) is 2.63. The highest BCUT2D eigenvalue weighted by atomic mass is 35.5. The number of rotatable bonds is 3. The molecule has 2 aromatic rings. The summed E-state index contributed by atoms with van der Waals surface area (Å²) in [5.74, 6) is -1.11. The van der Waals surface area contributed by atoms with Crippen molar-refractivity contribution in [3.63, 3.8) is 0 Å². The molecule has 0 aromatic heterocycles. The van der Waals surface area contributed by atoms with Crippen LogP contribution in [0.1, 0.15) is 11.1 Å². The van der Waals surface area contributed by atoms with Crippen LogP contribution in [0.15, 0.2) is 47.1 Å². The SMILES string of the molecule is Cc1ccc(Cl)cc1NC1=C(Cl)C(=O)N(c2ccc(Cl)cc2C)C1=O. The molecule has 0 fully saturated rings. The summed E-state index contributed by atoms with van der Waals surface area (Å²) < 4.78 is 0. The van der Waals surface area contributed by atoms with Gasteiger partial charge in [0.2, 0.25) is 0 Å². The van der Waals surface area contributed by atoms with Crippen molar-refractivity contribution in [2.75, 3.05) is 10.2 Å². The molecule has 1 heterocycles. The molecule has 2 aromatic carbocycles. The summed E-state index contributed by atoms with van der Waals surface area (Å²) in [7, 11) is 0. The van der Waals surface area contributed by atoms with E-state index in [4.69, 9.17) is 34.8 Å². The zero-order chi connectivity index (χ0) is 18.3. The van der Waals surface area contributed by atoms with Crippen LogP contribution in [0.2, 0.25) is 10.0 Å². The average Bonchev–Trinajstić information content (AvgIpc) is 2.75. The third kappa shape index (κ3) is 3.25. The van der Waals surface area contributed by atoms with Gasteiger partial charge in [-0.05, 0) is 55.3 Å². The lowest BCUT2D eigenvalue weighted by atomic mass is 10.2. The fraction of sp³-hybridized carbons (Fsp3) is 0.111. The van der Waals surface area contributed by atoms with Gasteiger partial charge in [-0.3, -0.25) is 9.59 Å². The molecule has 7 heteroatoms. The van der Waals surface area contributed by atoms with E-state index in [1.807, 2.05) is 13.0 Å². The topological polar surface area (TPSA) is 49.4 Å². The van der Waals surface area contributed by atoms with Gasteiger partial charge in [0.05, 0.1) is 5.69 Å². The number of anilines is 2. The molecule has 0 saturated carbocycles. The van der Waals surface area contributed by atoms with Crippen molar-refractivity contribution in [3.05, 3.63) is 68.3 Å². The van der Waals surface area contributed by atoms with E-state index in [1.54, 1.807) is 37.3 Å². The second-order valence-corrected chi connectivity index (χ2v) is 6.90. The van der Waals surface area contributed by atoms with Crippen LogP contribution in [0.3, 0.4) is 0 Å². The van der Waals surface area contributed by atoms with Gasteiger partial charge in [-0.25, -0.2) is 4.90 Å². The van der Waals surface area contributed by atoms with Crippen molar-refractivity contribution in [1.29, 1.82) is 0 Å². The number of nitrogens with zero attached hydrogens (tertiary/aromatic N) is 1. The van der Waals surface area contributed by atoms with Crippen LogP contribution >= 0.6 is 34.8 Å². The first-order valence-electron chi connectivity index (χ1n) is 7.37. The van der Waals surface area contributed by atoms with E-state index in [0.717, 1.165) is 10.5 Å². The molecule has 0 spiro atoms. The van der Waals surface area contributed by atoms with Gasteiger partial charge in [0.25, 0.3) is 11.8 Å². The maximum absolute atomic E-state index is 12.8. The molecular formula is C18H13Cl3N2O2. The molecular weight excluding hydrogens is 383 g/mol. The fourth-order valence-electron chi connectivity index (χ4n) is 2.56. The molecule has 1 N–H and O–H groups in total. The predicted molar refractivity (Wildman–Crippen MR) is 101 cm³/mol. The fourth-order valence-corrected chi connectivity index (χ4v) is 3.17. The van der Waals surface area contributed by atoms with Crippen LogP contribution in [0, 0.1) is 13.8 Å². The minimum atomic E-state index is -0.584. The molecule has 1 aliphatic rings. The molecule has 0 unspecified atom stereocenters. The van der Waals surface area contributed by atoms with Crippen LogP contribution in [0.25, 0.3) is 0 Å². The second-order valence-electron chi connectivity index (χ2n) is 5.65. The van der Waals surface area contributed by atoms with Crippen molar-refractivity contribution in [3.8, 4) is 0 Å². The molecule has 0 radical (unpaired) electrons. The average molecular weight is 396 g/mol. The number of aryl methyl sites for hydroxylation is 2. The van der Waals surface area contributed by atoms with Gasteiger partial charge in [0.1, 0.15) is 10.7 Å². The molecule has 4 nitrogen and oxygen atoms in total. The summed E-state index contributed by atoms with van der Waals surface area (Å²) in [6.45, 7) is 3.62. The Labute approximate surface area is 160 Å². The number of carbonyl (C=O) groups excluding carboxylic acids is 2. The lowest BCUT2D eigenvalue weighted by Gasteiger charge is -2.18. The number of amides is 2. The standard InChI is InChI=1S/C18H13Cl3N2O2/c1-9-3-4-12(20)8-13(9)22-16-15(21)17(24)23(18(16)25)14-6-5-11(19)7-10(14)2/h3-8,22H,1-2H3. The van der Waals surface area contributed by atoms with E-state index >= 15 is 0 Å². The highest BCUT2D eigenvalue weighted by Crippen LogP contribution is 2.33. The van der Waals surface area contributed by atoms with Gasteiger partial charge in [-0.2, -0.15) is 0 Å². The third-order valence-electron chi connectivity index (χ3n) is 3.89. The third-order valence-corrected chi connectivity index (χ3v) is 4.71. The number of carbonyl (C=O) groups is 2. The van der Waals surface area contributed by atoms with E-state index in [2.05, 4.69) is 5.32 Å². The Morgan fingerprint density at radius 2 is 1.48 bits per heavy atom. The van der Waals surface area contributed by atoms with Gasteiger partial charge in [0.15, 0.2) is 0 Å². The van der Waals surface area contributed by atoms with Crippen molar-refractivity contribution in [1.82, 2.24) is 0 Å². The first-order chi connectivity index (χ1) is 11.8. The predicted octanol–water partition coefficient (Wildman–Crippen LogP) is 5.05. The Hall–Kier alpha value is -2.01. The minimum absolute atomic E-state index is 0.0198. The summed E-state index contributed by atoms with van der Waals surface area (Å²) in [4.78, 5) is 26.4. The number of benzene rings is 2. The number of hydrogen-bond donors (Lipinski definition) is 1. The highest BCUT2D eigenvalue weighted by Gasteiger charge is 2.39. The van der Waals surface area contributed by atoms with E-state index in [1.165, 1.54) is 0 Å². The Balaban J connectivity index is 1.98. The molecule has 2 amide bonds. The number of hydrogen-bond acceptors (Lipinski definition) is 3. The first-order valence-corrected chi connectivity index (χ1v) is 8.51. The van der Waals surface area contributed by atoms with Crippen LogP contribution in [0.4, 0.5) is 11.4 Å². The molecule has 0 aliphatic carbocycles. The van der Waals surface area contributed by atoms with E-state index in [9.17, 15) is 9.59 Å². The van der Waals surface area contributed by atoms with Gasteiger partial charge in [0, 0.05) is 15.7 Å². The van der Waals surface area contributed by atoms with E-state index in [0.29, 0.717) is 27.0 Å². The maximum Gasteiger partial charge on any atom is 0.283 e. The van der Waals surface area contributed by atoms with Crippen molar-refractivity contribution in [2.45, 2.75) is 13.8 Å². The highest BCUT2D eigenvalue weighted by molar-refractivity contribution is 6.53. The first kappa shape index (κ1) is 17.8. The van der Waals surface area contributed by atoms with Crippen LogP contribution in [-0.2, 0) is 9.59 Å². The van der Waals surface area contributed by atoms with Gasteiger partial charge < -0.3 is 5.32 Å².